The zero-order chi connectivity index (χ0) is 14.6. The van der Waals surface area contributed by atoms with Gasteiger partial charge in [-0.2, -0.15) is 0 Å². The van der Waals surface area contributed by atoms with E-state index in [1.165, 1.54) is 6.92 Å². The molecule has 0 unspecified atom stereocenters. The lowest BCUT2D eigenvalue weighted by Gasteiger charge is -2.12. The van der Waals surface area contributed by atoms with Crippen molar-refractivity contribution in [3.8, 4) is 0 Å². The lowest BCUT2D eigenvalue weighted by molar-refractivity contribution is -0.133. The number of hydrogen-bond acceptors (Lipinski definition) is 4. The maximum absolute atomic E-state index is 11.9. The molecular formula is C14H17ClN2O2. The molecule has 0 amide bonds. The standard InChI is InChI=1S/C14H17ClN2O2/c1-5-8(2)13(14(19)10(4)18)17-11-6-12(15)9(3)16-7-11/h6-7,17H,5H2,1-4H3/b13-8-. The summed E-state index contributed by atoms with van der Waals surface area (Å²) >= 11 is 5.98. The highest BCUT2D eigenvalue weighted by Gasteiger charge is 2.17. The van der Waals surface area contributed by atoms with E-state index in [0.29, 0.717) is 28.5 Å². The lowest BCUT2D eigenvalue weighted by Crippen LogP contribution is -2.20. The first kappa shape index (κ1) is 15.4. The first-order chi connectivity index (χ1) is 8.86. The second kappa shape index (κ2) is 6.48. The van der Waals surface area contributed by atoms with Gasteiger partial charge in [0.25, 0.3) is 0 Å². The van der Waals surface area contributed by atoms with Gasteiger partial charge in [0.2, 0.25) is 11.6 Å². The topological polar surface area (TPSA) is 59.1 Å². The highest BCUT2D eigenvalue weighted by Crippen LogP contribution is 2.20. The Bertz CT molecular complexity index is 550. The van der Waals surface area contributed by atoms with Gasteiger partial charge < -0.3 is 5.32 Å². The largest absolute Gasteiger partial charge is 0.351 e. The maximum atomic E-state index is 11.9. The molecule has 4 nitrogen and oxygen atoms in total. The number of allylic oxidation sites excluding steroid dienone is 2. The fourth-order valence-electron chi connectivity index (χ4n) is 1.43. The number of carbonyl (C=O) groups excluding carboxylic acids is 2. The Hall–Kier alpha value is -1.68. The predicted molar refractivity (Wildman–Crippen MR) is 76.3 cm³/mol. The molecule has 19 heavy (non-hydrogen) atoms. The molecule has 0 aromatic carbocycles. The Kier molecular flexibility index (Phi) is 5.24. The molecular weight excluding hydrogens is 264 g/mol. The van der Waals surface area contributed by atoms with Crippen LogP contribution in [0.2, 0.25) is 5.02 Å². The van der Waals surface area contributed by atoms with E-state index in [0.717, 1.165) is 5.57 Å². The van der Waals surface area contributed by atoms with Crippen LogP contribution in [0, 0.1) is 6.92 Å². The van der Waals surface area contributed by atoms with E-state index in [1.807, 2.05) is 13.8 Å². The van der Waals surface area contributed by atoms with Crippen molar-refractivity contribution in [3.05, 3.63) is 34.2 Å². The zero-order valence-electron chi connectivity index (χ0n) is 11.5. The van der Waals surface area contributed by atoms with E-state index < -0.39 is 11.6 Å². The summed E-state index contributed by atoms with van der Waals surface area (Å²) in [5.41, 5.74) is 2.42. The van der Waals surface area contributed by atoms with Gasteiger partial charge in [0.1, 0.15) is 0 Å². The molecule has 0 bridgehead atoms. The Morgan fingerprint density at radius 2 is 2.00 bits per heavy atom. The molecule has 1 N–H and O–H groups in total. The van der Waals surface area contributed by atoms with Gasteiger partial charge in [-0.3, -0.25) is 14.6 Å². The molecule has 0 aliphatic heterocycles. The first-order valence-corrected chi connectivity index (χ1v) is 6.38. The van der Waals surface area contributed by atoms with Gasteiger partial charge in [0.05, 0.1) is 28.3 Å². The average Bonchev–Trinajstić information content (AvgIpc) is 2.38. The molecule has 0 atom stereocenters. The molecule has 1 aromatic rings. The molecule has 102 valence electrons. The van der Waals surface area contributed by atoms with Crippen molar-refractivity contribution in [1.82, 2.24) is 4.98 Å². The van der Waals surface area contributed by atoms with Gasteiger partial charge in [0, 0.05) is 6.92 Å². The van der Waals surface area contributed by atoms with Crippen molar-refractivity contribution < 1.29 is 9.59 Å². The SMILES string of the molecule is CC/C(C)=C(\Nc1cnc(C)c(Cl)c1)C(=O)C(C)=O. The van der Waals surface area contributed by atoms with E-state index in [-0.39, 0.29) is 0 Å². The summed E-state index contributed by atoms with van der Waals surface area (Å²) < 4.78 is 0. The van der Waals surface area contributed by atoms with E-state index in [4.69, 9.17) is 11.6 Å². The van der Waals surface area contributed by atoms with Crippen LogP contribution in [0.3, 0.4) is 0 Å². The number of halogens is 1. The lowest BCUT2D eigenvalue weighted by atomic mass is 10.1. The Labute approximate surface area is 117 Å². The van der Waals surface area contributed by atoms with Crippen molar-refractivity contribution in [2.45, 2.75) is 34.1 Å². The minimum absolute atomic E-state index is 0.303. The number of rotatable bonds is 5. The van der Waals surface area contributed by atoms with Crippen molar-refractivity contribution in [1.29, 1.82) is 0 Å². The number of carbonyl (C=O) groups is 2. The fourth-order valence-corrected chi connectivity index (χ4v) is 1.60. The second-order valence-corrected chi connectivity index (χ2v) is 4.72. The van der Waals surface area contributed by atoms with Crippen LogP contribution >= 0.6 is 11.6 Å². The Morgan fingerprint density at radius 1 is 1.37 bits per heavy atom. The Balaban J connectivity index is 3.12. The summed E-state index contributed by atoms with van der Waals surface area (Å²) in [5, 5.41) is 3.45. The maximum Gasteiger partial charge on any atom is 0.244 e. The number of aryl methyl sites for hydroxylation is 1. The van der Waals surface area contributed by atoms with Gasteiger partial charge in [0.15, 0.2) is 0 Å². The second-order valence-electron chi connectivity index (χ2n) is 4.31. The minimum Gasteiger partial charge on any atom is -0.351 e. The van der Waals surface area contributed by atoms with E-state index >= 15 is 0 Å². The summed E-state index contributed by atoms with van der Waals surface area (Å²) in [7, 11) is 0. The van der Waals surface area contributed by atoms with Gasteiger partial charge >= 0.3 is 0 Å². The Morgan fingerprint density at radius 3 is 2.47 bits per heavy atom. The zero-order valence-corrected chi connectivity index (χ0v) is 12.3. The van der Waals surface area contributed by atoms with Crippen LogP contribution in [0.25, 0.3) is 0 Å². The summed E-state index contributed by atoms with van der Waals surface area (Å²) in [6, 6.07) is 1.68. The number of nitrogens with zero attached hydrogens (tertiary/aromatic N) is 1. The van der Waals surface area contributed by atoms with E-state index in [2.05, 4.69) is 10.3 Å². The van der Waals surface area contributed by atoms with Crippen LogP contribution in [0.15, 0.2) is 23.5 Å². The third kappa shape index (κ3) is 3.89. The van der Waals surface area contributed by atoms with E-state index in [1.54, 1.807) is 19.2 Å². The number of Topliss-reactive ketones (excluding diaryl/α,β-unsaturated/α-hetero) is 2. The van der Waals surface area contributed by atoms with Crippen LogP contribution in [-0.2, 0) is 9.59 Å². The third-order valence-electron chi connectivity index (χ3n) is 2.80. The van der Waals surface area contributed by atoms with E-state index in [9.17, 15) is 9.59 Å². The molecule has 0 radical (unpaired) electrons. The van der Waals surface area contributed by atoms with Crippen molar-refractivity contribution in [2.24, 2.45) is 0 Å². The van der Waals surface area contributed by atoms with Gasteiger partial charge in [-0.15, -0.1) is 0 Å². The highest BCUT2D eigenvalue weighted by atomic mass is 35.5. The summed E-state index contributed by atoms with van der Waals surface area (Å²) in [6.45, 7) is 6.78. The average molecular weight is 281 g/mol. The third-order valence-corrected chi connectivity index (χ3v) is 3.18. The molecule has 1 aromatic heterocycles. The molecule has 0 aliphatic carbocycles. The smallest absolute Gasteiger partial charge is 0.244 e. The van der Waals surface area contributed by atoms with Gasteiger partial charge in [-0.05, 0) is 31.9 Å². The molecule has 5 heteroatoms. The minimum atomic E-state index is -0.531. The van der Waals surface area contributed by atoms with Crippen LogP contribution < -0.4 is 5.32 Å². The van der Waals surface area contributed by atoms with Crippen molar-refractivity contribution in [2.75, 3.05) is 5.32 Å². The number of aromatic nitrogens is 1. The predicted octanol–water partition coefficient (Wildman–Crippen LogP) is 3.30. The van der Waals surface area contributed by atoms with Crippen LogP contribution in [0.5, 0.6) is 0 Å². The molecule has 0 aliphatic rings. The quantitative estimate of drug-likeness (QED) is 0.664. The molecule has 1 heterocycles. The number of nitrogens with one attached hydrogen (secondary N) is 1. The van der Waals surface area contributed by atoms with Crippen molar-refractivity contribution >= 4 is 28.9 Å². The summed E-state index contributed by atoms with van der Waals surface area (Å²) in [5.74, 6) is -1.03. The summed E-state index contributed by atoms with van der Waals surface area (Å²) in [4.78, 5) is 27.2. The number of ketones is 2. The fraction of sp³-hybridized carbons (Fsp3) is 0.357. The van der Waals surface area contributed by atoms with Crippen LogP contribution in [-0.4, -0.2) is 16.6 Å². The van der Waals surface area contributed by atoms with Gasteiger partial charge in [-0.25, -0.2) is 0 Å². The molecule has 0 spiro atoms. The van der Waals surface area contributed by atoms with Crippen LogP contribution in [0.1, 0.15) is 32.9 Å². The molecule has 0 fully saturated rings. The highest BCUT2D eigenvalue weighted by molar-refractivity contribution is 6.43. The number of pyridine rings is 1. The molecule has 0 saturated heterocycles. The monoisotopic (exact) mass is 280 g/mol. The normalized spacial score (nSPS) is 11.8. The van der Waals surface area contributed by atoms with Gasteiger partial charge in [-0.1, -0.05) is 18.5 Å². The number of hydrogen-bond donors (Lipinski definition) is 1. The van der Waals surface area contributed by atoms with Crippen LogP contribution in [0.4, 0.5) is 5.69 Å². The summed E-state index contributed by atoms with van der Waals surface area (Å²) in [6.07, 6.45) is 2.26. The van der Waals surface area contributed by atoms with Crippen molar-refractivity contribution in [3.63, 3.8) is 0 Å². The molecule has 1 rings (SSSR count). The first-order valence-electron chi connectivity index (χ1n) is 6.01. The number of anilines is 1. The molecule has 0 saturated carbocycles.